The third-order valence-corrected chi connectivity index (χ3v) is 12.8. The number of anilines is 1. The van der Waals surface area contributed by atoms with Crippen LogP contribution in [0.15, 0.2) is 70.9 Å². The molecule has 5 aromatic rings. The Kier molecular flexibility index (Phi) is 10.1. The van der Waals surface area contributed by atoms with Crippen molar-refractivity contribution in [1.29, 1.82) is 0 Å². The van der Waals surface area contributed by atoms with Crippen LogP contribution >= 0.6 is 34.4 Å². The van der Waals surface area contributed by atoms with Crippen LogP contribution in [-0.2, 0) is 43.5 Å². The number of rotatable bonds is 10. The standard InChI is InChI=1S/C37H24N4O17S3/c1-55-19(35-38(9-22(42)43)16-6-17-18(57-13-56-17)7-20(16)59-35)8-21-31(52)40(11-24(46)47)37(60-21)30-33(54)41(12-25(48)49)36(61-30)29-32(53)39(10-23(44)45)34(58-29)26-27(50)14-4-2-3-5-15(14)28(26)51/h2-8H,9-13H2,1H3,(H,42,43)(H,44,45)(H,46,47)(H,48,49)/b21-8?,35-19-,36-29-,37-30-. The van der Waals surface area contributed by atoms with E-state index in [-0.39, 0.29) is 37.9 Å². The average molecular weight is 893 g/mol. The van der Waals surface area contributed by atoms with E-state index in [1.165, 1.54) is 42.4 Å². The smallest absolute Gasteiger partial charge is 0.323 e. The first-order chi connectivity index (χ1) is 29.1. The summed E-state index contributed by atoms with van der Waals surface area (Å²) < 4.78 is 22.5. The lowest BCUT2D eigenvalue weighted by molar-refractivity contribution is -0.138. The van der Waals surface area contributed by atoms with Gasteiger partial charge < -0.3 is 44.0 Å². The first-order valence-electron chi connectivity index (χ1n) is 17.2. The van der Waals surface area contributed by atoms with E-state index in [9.17, 15) is 63.6 Å². The number of ether oxygens (including phenoxy) is 3. The Morgan fingerprint density at radius 2 is 1.31 bits per heavy atom. The number of methoxy groups -OCH3 is 1. The third-order valence-electron chi connectivity index (χ3n) is 9.21. The molecule has 21 nitrogen and oxygen atoms in total. The molecule has 2 aromatic carbocycles. The molecule has 4 N–H and O–H groups in total. The molecule has 0 spiro atoms. The Bertz CT molecular complexity index is 3370. The molecule has 8 rings (SSSR count). The third kappa shape index (κ3) is 6.90. The number of Topliss-reactive ketones (excluding diaryl/α,β-unsaturated/α-hetero) is 2. The van der Waals surface area contributed by atoms with Gasteiger partial charge in [0.05, 0.1) is 17.3 Å². The molecular weight excluding hydrogens is 869 g/mol. The number of aromatic nitrogens is 3. The van der Waals surface area contributed by atoms with Gasteiger partial charge in [0.1, 0.15) is 50.6 Å². The van der Waals surface area contributed by atoms with Gasteiger partial charge in [0, 0.05) is 34.2 Å². The minimum atomic E-state index is -1.60. The van der Waals surface area contributed by atoms with Crippen LogP contribution in [-0.4, -0.2) is 90.0 Å². The highest BCUT2D eigenvalue weighted by atomic mass is 32.2. The summed E-state index contributed by atoms with van der Waals surface area (Å²) in [7, 11) is 1.24. The molecule has 2 aliphatic heterocycles. The van der Waals surface area contributed by atoms with Gasteiger partial charge in [0.25, 0.3) is 16.7 Å². The summed E-state index contributed by atoms with van der Waals surface area (Å²) in [6, 6.07) is 8.84. The highest BCUT2D eigenvalue weighted by Gasteiger charge is 2.37. The predicted molar refractivity (Wildman–Crippen MR) is 208 cm³/mol. The number of carboxylic acid groups (broad SMARTS) is 4. The van der Waals surface area contributed by atoms with Crippen molar-refractivity contribution in [3.05, 3.63) is 119 Å². The molecule has 3 aromatic heterocycles. The number of hydrogen-bond donors (Lipinski definition) is 4. The molecule has 312 valence electrons. The summed E-state index contributed by atoms with van der Waals surface area (Å²) in [6.07, 6.45) is 1.21. The second-order valence-electron chi connectivity index (χ2n) is 13.0. The lowest BCUT2D eigenvalue weighted by atomic mass is 10.1. The Hall–Kier alpha value is -7.44. The zero-order valence-electron chi connectivity index (χ0n) is 30.7. The second kappa shape index (κ2) is 15.3. The van der Waals surface area contributed by atoms with E-state index >= 15 is 0 Å². The van der Waals surface area contributed by atoms with E-state index in [4.69, 9.17) is 18.6 Å². The number of benzene rings is 2. The number of oxazole rings is 1. The number of allylic oxidation sites excluding steroid dienone is 1. The minimum Gasteiger partial charge on any atom is -0.494 e. The van der Waals surface area contributed by atoms with Gasteiger partial charge in [-0.15, -0.1) is 22.7 Å². The van der Waals surface area contributed by atoms with Crippen LogP contribution < -0.4 is 41.1 Å². The average Bonchev–Trinajstić information content (AvgIpc) is 4.04. The van der Waals surface area contributed by atoms with Crippen molar-refractivity contribution in [2.75, 3.05) is 25.3 Å². The molecule has 0 radical (unpaired) electrons. The highest BCUT2D eigenvalue weighted by Crippen LogP contribution is 2.52. The molecule has 0 atom stereocenters. The van der Waals surface area contributed by atoms with Crippen molar-refractivity contribution in [1.82, 2.24) is 13.7 Å². The fraction of sp³-hybridized carbons (Fsp3) is 0.162. The van der Waals surface area contributed by atoms with Crippen LogP contribution in [0.1, 0.15) is 20.7 Å². The van der Waals surface area contributed by atoms with Crippen molar-refractivity contribution in [3.63, 3.8) is 0 Å². The molecule has 1 aliphatic carbocycles. The first-order valence-corrected chi connectivity index (χ1v) is 19.7. The summed E-state index contributed by atoms with van der Waals surface area (Å²) in [5, 5.41) is 39.3. The van der Waals surface area contributed by atoms with E-state index in [2.05, 4.69) is 0 Å². The molecule has 0 unspecified atom stereocenters. The molecule has 3 aliphatic rings. The largest absolute Gasteiger partial charge is 0.494 e. The number of hydrogen-bond acceptors (Lipinski definition) is 17. The Balaban J connectivity index is 1.44. The lowest BCUT2D eigenvalue weighted by Gasteiger charge is -2.19. The van der Waals surface area contributed by atoms with E-state index in [0.29, 0.717) is 58.5 Å². The molecule has 0 fully saturated rings. The van der Waals surface area contributed by atoms with Gasteiger partial charge in [0.15, 0.2) is 17.3 Å². The summed E-state index contributed by atoms with van der Waals surface area (Å²) >= 11 is 2.06. The number of fused-ring (bicyclic) bond motifs is 3. The van der Waals surface area contributed by atoms with Gasteiger partial charge in [-0.2, -0.15) is 0 Å². The van der Waals surface area contributed by atoms with E-state index in [0.717, 1.165) is 11.8 Å². The zero-order chi connectivity index (χ0) is 43.6. The SMILES string of the molecule is CO/C(C=c1s/c(=c2\s/c(=c3\oc(=C4C(=O)c5ccccc5C4=O)n(CC(=O)O)c3=O)n(CC(=O)O)c2=O)n(CC(=O)O)c1=O)=C1\Sc2cc3c(cc2N1CC(=O)O)OCO3. The normalized spacial score (nSPS) is 16.2. The van der Waals surface area contributed by atoms with Crippen molar-refractivity contribution in [2.45, 2.75) is 24.5 Å². The molecule has 61 heavy (non-hydrogen) atoms. The molecule has 5 heterocycles. The number of thiazole rings is 2. The van der Waals surface area contributed by atoms with Crippen LogP contribution in [0, 0.1) is 19.3 Å². The van der Waals surface area contributed by atoms with Gasteiger partial charge >= 0.3 is 23.9 Å². The zero-order valence-corrected chi connectivity index (χ0v) is 33.1. The molecular formula is C37H24N4O17S3. The van der Waals surface area contributed by atoms with Crippen LogP contribution in [0.25, 0.3) is 11.6 Å². The van der Waals surface area contributed by atoms with Gasteiger partial charge in [-0.05, 0) is 0 Å². The molecule has 0 saturated heterocycles. The summed E-state index contributed by atoms with van der Waals surface area (Å²) in [5.74, 6) is -7.01. The van der Waals surface area contributed by atoms with Crippen molar-refractivity contribution in [3.8, 4) is 11.5 Å². The minimum absolute atomic E-state index is 0.0415. The maximum absolute atomic E-state index is 14.2. The molecule has 0 bridgehead atoms. The number of carboxylic acids is 4. The van der Waals surface area contributed by atoms with E-state index in [1.54, 1.807) is 12.1 Å². The number of nitrogens with zero attached hydrogens (tertiary/aromatic N) is 4. The van der Waals surface area contributed by atoms with Crippen molar-refractivity contribution in [2.24, 2.45) is 0 Å². The molecule has 0 saturated carbocycles. The number of carbonyl (C=O) groups excluding carboxylic acids is 2. The van der Waals surface area contributed by atoms with Gasteiger partial charge in [0.2, 0.25) is 29.3 Å². The maximum atomic E-state index is 14.2. The van der Waals surface area contributed by atoms with Crippen LogP contribution in [0.4, 0.5) is 5.69 Å². The van der Waals surface area contributed by atoms with Gasteiger partial charge in [-0.1, -0.05) is 36.0 Å². The Labute approximate surface area is 347 Å². The fourth-order valence-electron chi connectivity index (χ4n) is 6.69. The predicted octanol–water partition coefficient (Wildman–Crippen LogP) is -0.0330. The number of aliphatic carboxylic acids is 4. The Morgan fingerprint density at radius 1 is 0.738 bits per heavy atom. The summed E-state index contributed by atoms with van der Waals surface area (Å²) in [5.41, 5.74) is -5.35. The van der Waals surface area contributed by atoms with Crippen molar-refractivity contribution >= 4 is 87.2 Å². The number of carbonyl (C=O) groups is 6. The van der Waals surface area contributed by atoms with Crippen molar-refractivity contribution < 1.29 is 67.8 Å². The van der Waals surface area contributed by atoms with E-state index < -0.39 is 104 Å². The van der Waals surface area contributed by atoms with Gasteiger partial charge in [-0.3, -0.25) is 56.9 Å². The molecule has 24 heteroatoms. The first kappa shape index (κ1) is 40.3. The quantitative estimate of drug-likeness (QED) is 0.134. The summed E-state index contributed by atoms with van der Waals surface area (Å²) in [6.45, 7) is -3.87. The summed E-state index contributed by atoms with van der Waals surface area (Å²) in [4.78, 5) is 119. The lowest BCUT2D eigenvalue weighted by Crippen LogP contribution is -2.33. The topological polar surface area (TPSA) is 293 Å². The fourth-order valence-corrected chi connectivity index (χ4v) is 10.2. The number of thioether (sulfide) groups is 1. The van der Waals surface area contributed by atoms with Crippen LogP contribution in [0.5, 0.6) is 11.5 Å². The van der Waals surface area contributed by atoms with Crippen LogP contribution in [0.2, 0.25) is 0 Å². The Morgan fingerprint density at radius 3 is 1.90 bits per heavy atom. The second-order valence-corrected chi connectivity index (χ2v) is 16.0. The molecule has 0 amide bonds. The van der Waals surface area contributed by atoms with E-state index in [1.807, 2.05) is 0 Å². The highest BCUT2D eigenvalue weighted by molar-refractivity contribution is 8.03. The van der Waals surface area contributed by atoms with Gasteiger partial charge in [-0.25, -0.2) is 0 Å². The number of ketones is 2. The maximum Gasteiger partial charge on any atom is 0.323 e. The van der Waals surface area contributed by atoms with Crippen LogP contribution in [0.3, 0.4) is 0 Å². The monoisotopic (exact) mass is 892 g/mol.